The summed E-state index contributed by atoms with van der Waals surface area (Å²) in [7, 11) is 1.65. The van der Waals surface area contributed by atoms with Gasteiger partial charge in [-0.15, -0.1) is 0 Å². The number of fused-ring (bicyclic) bond motifs is 1. The highest BCUT2D eigenvalue weighted by Gasteiger charge is 2.16. The van der Waals surface area contributed by atoms with E-state index in [1.807, 2.05) is 74.5 Å². The molecule has 0 bridgehead atoms. The smallest absolute Gasteiger partial charge is 0.248 e. The van der Waals surface area contributed by atoms with Crippen molar-refractivity contribution in [3.63, 3.8) is 0 Å². The van der Waals surface area contributed by atoms with Gasteiger partial charge in [-0.05, 0) is 66.8 Å². The van der Waals surface area contributed by atoms with Crippen molar-refractivity contribution in [1.29, 1.82) is 0 Å². The Morgan fingerprint density at radius 1 is 1.09 bits per heavy atom. The largest absolute Gasteiger partial charge is 0.497 e. The summed E-state index contributed by atoms with van der Waals surface area (Å²) in [5.41, 5.74) is 6.29. The molecule has 1 amide bonds. The molecule has 5 nitrogen and oxygen atoms in total. The van der Waals surface area contributed by atoms with Crippen LogP contribution in [0.4, 0.5) is 5.69 Å². The Labute approximate surface area is 206 Å². The molecular weight excluding hydrogens is 438 g/mol. The number of anilines is 1. The van der Waals surface area contributed by atoms with Gasteiger partial charge in [0.1, 0.15) is 17.1 Å². The third-order valence-corrected chi connectivity index (χ3v) is 5.97. The number of benzene rings is 3. The number of hydrogen-bond donors (Lipinski definition) is 1. The summed E-state index contributed by atoms with van der Waals surface area (Å²) in [6.45, 7) is 8.64. The molecule has 0 fully saturated rings. The maximum atomic E-state index is 12.8. The van der Waals surface area contributed by atoms with Gasteiger partial charge in [0.15, 0.2) is 0 Å². The Morgan fingerprint density at radius 3 is 2.54 bits per heavy atom. The summed E-state index contributed by atoms with van der Waals surface area (Å²) in [4.78, 5) is 12.8. The average molecular weight is 470 g/mol. The first-order chi connectivity index (χ1) is 16.9. The molecule has 3 aromatic carbocycles. The number of amides is 1. The van der Waals surface area contributed by atoms with E-state index in [4.69, 9.17) is 13.9 Å². The molecule has 0 aliphatic carbocycles. The summed E-state index contributed by atoms with van der Waals surface area (Å²) in [5, 5.41) is 3.89. The summed E-state index contributed by atoms with van der Waals surface area (Å²) in [6, 6.07) is 19.7. The Morgan fingerprint density at radius 2 is 1.86 bits per heavy atom. The van der Waals surface area contributed by atoms with Crippen molar-refractivity contribution >= 4 is 28.1 Å². The number of carbonyl (C=O) groups excluding carboxylic acids is 1. The molecule has 4 aromatic rings. The van der Waals surface area contributed by atoms with Gasteiger partial charge in [0.25, 0.3) is 0 Å². The zero-order chi connectivity index (χ0) is 24.9. The van der Waals surface area contributed by atoms with Gasteiger partial charge in [-0.25, -0.2) is 0 Å². The molecule has 0 unspecified atom stereocenters. The Balaban J connectivity index is 1.68. The lowest BCUT2D eigenvalue weighted by molar-refractivity contribution is -0.111. The average Bonchev–Trinajstić information content (AvgIpc) is 3.27. The molecule has 1 N–H and O–H groups in total. The van der Waals surface area contributed by atoms with Crippen LogP contribution < -0.4 is 14.8 Å². The minimum absolute atomic E-state index is 0.192. The van der Waals surface area contributed by atoms with Crippen molar-refractivity contribution in [2.45, 2.75) is 33.6 Å². The van der Waals surface area contributed by atoms with Crippen LogP contribution in [0.3, 0.4) is 0 Å². The van der Waals surface area contributed by atoms with Crippen molar-refractivity contribution in [1.82, 2.24) is 0 Å². The molecule has 0 radical (unpaired) electrons. The number of nitrogens with one attached hydrogen (secondary N) is 1. The highest BCUT2D eigenvalue weighted by Crippen LogP contribution is 2.38. The first-order valence-corrected chi connectivity index (χ1v) is 11.8. The second-order valence-corrected chi connectivity index (χ2v) is 8.75. The Bertz CT molecular complexity index is 1360. The third-order valence-electron chi connectivity index (χ3n) is 5.97. The molecular formula is C30H31NO4. The van der Waals surface area contributed by atoms with Gasteiger partial charge in [0.2, 0.25) is 5.91 Å². The van der Waals surface area contributed by atoms with Gasteiger partial charge in [-0.1, -0.05) is 38.1 Å². The SMILES string of the molecule is CCOc1cc2occ(-c3cccc(OC)c3)c2cc1/C(C)=C/C(=O)Nc1ccc(C(C)C)cc1. The van der Waals surface area contributed by atoms with E-state index in [1.54, 1.807) is 19.4 Å². The summed E-state index contributed by atoms with van der Waals surface area (Å²) < 4.78 is 17.2. The van der Waals surface area contributed by atoms with E-state index in [0.717, 1.165) is 44.7 Å². The van der Waals surface area contributed by atoms with Crippen molar-refractivity contribution < 1.29 is 18.7 Å². The predicted octanol–water partition coefficient (Wildman–Crippen LogP) is 7.67. The highest BCUT2D eigenvalue weighted by molar-refractivity contribution is 6.05. The minimum Gasteiger partial charge on any atom is -0.497 e. The Kier molecular flexibility index (Phi) is 7.25. The van der Waals surface area contributed by atoms with Crippen molar-refractivity contribution in [3.05, 3.63) is 84.1 Å². The van der Waals surface area contributed by atoms with Crippen molar-refractivity contribution in [2.75, 3.05) is 19.0 Å². The zero-order valence-electron chi connectivity index (χ0n) is 20.8. The normalized spacial score (nSPS) is 11.7. The van der Waals surface area contributed by atoms with Crippen LogP contribution in [0.15, 0.2) is 77.4 Å². The fourth-order valence-electron chi connectivity index (χ4n) is 4.06. The first kappa shape index (κ1) is 24.1. The molecule has 0 saturated carbocycles. The summed E-state index contributed by atoms with van der Waals surface area (Å²) in [6.07, 6.45) is 3.34. The standard InChI is InChI=1S/C30H31NO4/c1-6-34-28-17-29-26(27(18-35-29)22-8-7-9-24(15-22)33-5)16-25(28)20(4)14-30(32)31-23-12-10-21(11-13-23)19(2)3/h7-19H,6H2,1-5H3,(H,31,32)/b20-14+. The van der Waals surface area contributed by atoms with Crippen LogP contribution in [0.2, 0.25) is 0 Å². The summed E-state index contributed by atoms with van der Waals surface area (Å²) in [5.74, 6) is 1.70. The Hall–Kier alpha value is -3.99. The van der Waals surface area contributed by atoms with Gasteiger partial charge in [0, 0.05) is 34.3 Å². The fourth-order valence-corrected chi connectivity index (χ4v) is 4.06. The number of allylic oxidation sites excluding steroid dienone is 1. The van der Waals surface area contributed by atoms with Crippen LogP contribution in [0.5, 0.6) is 11.5 Å². The van der Waals surface area contributed by atoms with E-state index in [-0.39, 0.29) is 5.91 Å². The van der Waals surface area contributed by atoms with E-state index in [1.165, 1.54) is 5.56 Å². The molecule has 4 rings (SSSR count). The zero-order valence-corrected chi connectivity index (χ0v) is 20.8. The van der Waals surface area contributed by atoms with E-state index in [9.17, 15) is 4.79 Å². The maximum absolute atomic E-state index is 12.8. The predicted molar refractivity (Wildman–Crippen MR) is 142 cm³/mol. The van der Waals surface area contributed by atoms with Crippen LogP contribution in [-0.2, 0) is 4.79 Å². The van der Waals surface area contributed by atoms with Crippen LogP contribution in [0, 0.1) is 0 Å². The molecule has 0 spiro atoms. The lowest BCUT2D eigenvalue weighted by atomic mass is 9.99. The van der Waals surface area contributed by atoms with Gasteiger partial charge >= 0.3 is 0 Å². The maximum Gasteiger partial charge on any atom is 0.248 e. The van der Waals surface area contributed by atoms with Crippen molar-refractivity contribution in [3.8, 4) is 22.6 Å². The van der Waals surface area contributed by atoms with Gasteiger partial charge < -0.3 is 19.2 Å². The molecule has 1 aromatic heterocycles. The molecule has 0 aliphatic rings. The number of hydrogen-bond acceptors (Lipinski definition) is 4. The number of methoxy groups -OCH3 is 1. The fraction of sp³-hybridized carbons (Fsp3) is 0.233. The monoisotopic (exact) mass is 469 g/mol. The molecule has 180 valence electrons. The molecule has 0 atom stereocenters. The minimum atomic E-state index is -0.192. The molecule has 1 heterocycles. The third kappa shape index (κ3) is 5.40. The van der Waals surface area contributed by atoms with Gasteiger partial charge in [-0.2, -0.15) is 0 Å². The highest BCUT2D eigenvalue weighted by atomic mass is 16.5. The van der Waals surface area contributed by atoms with E-state index in [2.05, 4.69) is 19.2 Å². The lowest BCUT2D eigenvalue weighted by Gasteiger charge is -2.12. The molecule has 5 heteroatoms. The van der Waals surface area contributed by atoms with Gasteiger partial charge in [-0.3, -0.25) is 4.79 Å². The van der Waals surface area contributed by atoms with E-state index in [0.29, 0.717) is 18.3 Å². The van der Waals surface area contributed by atoms with Crippen LogP contribution in [0.25, 0.3) is 27.7 Å². The lowest BCUT2D eigenvalue weighted by Crippen LogP contribution is -2.09. The first-order valence-electron chi connectivity index (χ1n) is 11.8. The van der Waals surface area contributed by atoms with Gasteiger partial charge in [0.05, 0.1) is 20.0 Å². The number of furan rings is 1. The van der Waals surface area contributed by atoms with E-state index >= 15 is 0 Å². The second-order valence-electron chi connectivity index (χ2n) is 8.75. The van der Waals surface area contributed by atoms with Crippen LogP contribution in [0.1, 0.15) is 44.7 Å². The molecule has 35 heavy (non-hydrogen) atoms. The molecule has 0 saturated heterocycles. The summed E-state index contributed by atoms with van der Waals surface area (Å²) >= 11 is 0. The number of ether oxygens (including phenoxy) is 2. The number of rotatable bonds is 8. The quantitative estimate of drug-likeness (QED) is 0.269. The van der Waals surface area contributed by atoms with Crippen molar-refractivity contribution in [2.24, 2.45) is 0 Å². The van der Waals surface area contributed by atoms with E-state index < -0.39 is 0 Å². The topological polar surface area (TPSA) is 60.7 Å². The van der Waals surface area contributed by atoms with Crippen LogP contribution in [-0.4, -0.2) is 19.6 Å². The number of carbonyl (C=O) groups is 1. The molecule has 0 aliphatic heterocycles. The second kappa shape index (κ2) is 10.5. The van der Waals surface area contributed by atoms with Crippen LogP contribution >= 0.6 is 0 Å².